The molecule has 0 radical (unpaired) electrons. The van der Waals surface area contributed by atoms with Gasteiger partial charge in [-0.05, 0) is 43.4 Å². The fraction of sp³-hybridized carbons (Fsp3) is 0.429. The molecule has 1 amide bonds. The molecule has 0 bridgehead atoms. The minimum atomic E-state index is -0.168. The third-order valence-corrected chi connectivity index (χ3v) is 6.76. The molecule has 2 aromatic rings. The smallest absolute Gasteiger partial charge is 0.267 e. The van der Waals surface area contributed by atoms with Gasteiger partial charge in [0.15, 0.2) is 0 Å². The van der Waals surface area contributed by atoms with Gasteiger partial charge in [0.2, 0.25) is 0 Å². The maximum Gasteiger partial charge on any atom is 0.267 e. The molecule has 0 aromatic carbocycles. The first-order valence-electron chi connectivity index (χ1n) is 9.90. The van der Waals surface area contributed by atoms with Gasteiger partial charge in [0.1, 0.15) is 15.8 Å². The number of thiocarbonyl (C=S) groups is 1. The number of piperidine rings is 1. The number of hydrogen-bond donors (Lipinski definition) is 0. The number of pyridine rings is 1. The minimum Gasteiger partial charge on any atom is -0.355 e. The van der Waals surface area contributed by atoms with Gasteiger partial charge in [-0.15, -0.1) is 0 Å². The second-order valence-electron chi connectivity index (χ2n) is 7.86. The van der Waals surface area contributed by atoms with E-state index >= 15 is 0 Å². The van der Waals surface area contributed by atoms with Gasteiger partial charge >= 0.3 is 0 Å². The SMILES string of the molecule is CCN1C(=O)/C(=C/c2c(N3CC(C)CC(C)C3)nc3ccccn3c2=O)SC1=S. The summed E-state index contributed by atoms with van der Waals surface area (Å²) in [6.07, 6.45) is 4.56. The summed E-state index contributed by atoms with van der Waals surface area (Å²) >= 11 is 6.57. The van der Waals surface area contributed by atoms with E-state index in [1.807, 2.05) is 19.1 Å². The summed E-state index contributed by atoms with van der Waals surface area (Å²) in [4.78, 5) is 35.2. The lowest BCUT2D eigenvalue weighted by Gasteiger charge is -2.36. The number of anilines is 1. The first-order chi connectivity index (χ1) is 13.9. The Balaban J connectivity index is 1.89. The molecule has 2 atom stereocenters. The number of carbonyl (C=O) groups excluding carboxylic acids is 1. The normalized spacial score (nSPS) is 24.2. The molecule has 6 nitrogen and oxygen atoms in total. The topological polar surface area (TPSA) is 57.9 Å². The molecule has 2 aliphatic heterocycles. The minimum absolute atomic E-state index is 0.147. The van der Waals surface area contributed by atoms with Crippen LogP contribution in [0.15, 0.2) is 34.1 Å². The maximum absolute atomic E-state index is 13.4. The fourth-order valence-corrected chi connectivity index (χ4v) is 5.56. The van der Waals surface area contributed by atoms with Gasteiger partial charge in [0.25, 0.3) is 11.5 Å². The van der Waals surface area contributed by atoms with E-state index in [9.17, 15) is 9.59 Å². The van der Waals surface area contributed by atoms with E-state index in [2.05, 4.69) is 18.7 Å². The second-order valence-corrected chi connectivity index (χ2v) is 9.54. The number of rotatable bonds is 3. The molecule has 0 aliphatic carbocycles. The third-order valence-electron chi connectivity index (χ3n) is 5.38. The van der Waals surface area contributed by atoms with Crippen LogP contribution in [-0.2, 0) is 4.79 Å². The van der Waals surface area contributed by atoms with Gasteiger partial charge < -0.3 is 4.90 Å². The van der Waals surface area contributed by atoms with Crippen molar-refractivity contribution >= 4 is 51.7 Å². The predicted octanol–water partition coefficient (Wildman–Crippen LogP) is 3.40. The van der Waals surface area contributed by atoms with Crippen LogP contribution in [0.2, 0.25) is 0 Å². The van der Waals surface area contributed by atoms with Crippen molar-refractivity contribution in [1.29, 1.82) is 0 Å². The van der Waals surface area contributed by atoms with Crippen LogP contribution in [-0.4, -0.2) is 44.1 Å². The molecule has 0 spiro atoms. The molecule has 0 N–H and O–H groups in total. The summed E-state index contributed by atoms with van der Waals surface area (Å²) in [5.74, 6) is 1.54. The summed E-state index contributed by atoms with van der Waals surface area (Å²) in [5, 5.41) is 0. The Morgan fingerprint density at radius 3 is 2.62 bits per heavy atom. The zero-order valence-corrected chi connectivity index (χ0v) is 18.4. The summed E-state index contributed by atoms with van der Waals surface area (Å²) < 4.78 is 2.06. The highest BCUT2D eigenvalue weighted by Crippen LogP contribution is 2.34. The van der Waals surface area contributed by atoms with Gasteiger partial charge in [-0.1, -0.05) is 43.9 Å². The predicted molar refractivity (Wildman–Crippen MR) is 122 cm³/mol. The van der Waals surface area contributed by atoms with E-state index in [1.165, 1.54) is 16.2 Å². The summed E-state index contributed by atoms with van der Waals surface area (Å²) in [6, 6.07) is 5.52. The second kappa shape index (κ2) is 7.91. The van der Waals surface area contributed by atoms with E-state index in [0.29, 0.717) is 44.6 Å². The first kappa shape index (κ1) is 20.1. The van der Waals surface area contributed by atoms with Crippen LogP contribution in [0.4, 0.5) is 5.82 Å². The van der Waals surface area contributed by atoms with Crippen molar-refractivity contribution in [3.05, 3.63) is 45.2 Å². The van der Waals surface area contributed by atoms with Gasteiger partial charge in [-0.3, -0.25) is 18.9 Å². The Kier molecular flexibility index (Phi) is 5.48. The number of hydrogen-bond acceptors (Lipinski definition) is 6. The number of fused-ring (bicyclic) bond motifs is 1. The molecule has 2 aromatic heterocycles. The zero-order chi connectivity index (χ0) is 20.7. The number of carbonyl (C=O) groups is 1. The van der Waals surface area contributed by atoms with E-state index in [0.717, 1.165) is 19.5 Å². The van der Waals surface area contributed by atoms with Crippen LogP contribution in [0.5, 0.6) is 0 Å². The standard InChI is InChI=1S/C21H24N4O2S2/c1-4-24-20(27)16(29-21(24)28)10-15-18(23-11-13(2)9-14(3)12-23)22-17-7-5-6-8-25(17)19(15)26/h5-8,10,13-14H,4,9,11-12H2,1-3H3/b16-10-. The van der Waals surface area contributed by atoms with Gasteiger partial charge in [0, 0.05) is 25.8 Å². The van der Waals surface area contributed by atoms with Crippen molar-refractivity contribution in [2.45, 2.75) is 27.2 Å². The highest BCUT2D eigenvalue weighted by molar-refractivity contribution is 8.26. The maximum atomic E-state index is 13.4. The lowest BCUT2D eigenvalue weighted by atomic mass is 9.91. The average Bonchev–Trinajstić information content (AvgIpc) is 2.95. The Labute approximate surface area is 179 Å². The molecule has 4 rings (SSSR count). The molecular formula is C21H24N4O2S2. The molecule has 152 valence electrons. The highest BCUT2D eigenvalue weighted by atomic mass is 32.2. The summed E-state index contributed by atoms with van der Waals surface area (Å²) in [7, 11) is 0. The van der Waals surface area contributed by atoms with E-state index in [1.54, 1.807) is 23.2 Å². The van der Waals surface area contributed by atoms with Crippen molar-refractivity contribution < 1.29 is 4.79 Å². The Morgan fingerprint density at radius 1 is 1.24 bits per heavy atom. The van der Waals surface area contributed by atoms with Gasteiger partial charge in [-0.2, -0.15) is 0 Å². The van der Waals surface area contributed by atoms with E-state index in [4.69, 9.17) is 17.2 Å². The van der Waals surface area contributed by atoms with Crippen LogP contribution in [0.25, 0.3) is 11.7 Å². The van der Waals surface area contributed by atoms with Crippen molar-refractivity contribution in [3.8, 4) is 0 Å². The molecular weight excluding hydrogens is 404 g/mol. The Hall–Kier alpha value is -2.19. The molecule has 2 unspecified atom stereocenters. The van der Waals surface area contributed by atoms with Crippen molar-refractivity contribution in [2.24, 2.45) is 11.8 Å². The summed E-state index contributed by atoms with van der Waals surface area (Å²) in [6.45, 7) is 8.55. The molecule has 4 heterocycles. The molecule has 8 heteroatoms. The van der Waals surface area contributed by atoms with E-state index < -0.39 is 0 Å². The van der Waals surface area contributed by atoms with Crippen molar-refractivity contribution in [2.75, 3.05) is 24.5 Å². The van der Waals surface area contributed by atoms with Crippen molar-refractivity contribution in [3.63, 3.8) is 0 Å². The van der Waals surface area contributed by atoms with Gasteiger partial charge in [0.05, 0.1) is 10.5 Å². The molecule has 29 heavy (non-hydrogen) atoms. The lowest BCUT2D eigenvalue weighted by Crippen LogP contribution is -2.40. The summed E-state index contributed by atoms with van der Waals surface area (Å²) in [5.41, 5.74) is 0.890. The van der Waals surface area contributed by atoms with Crippen LogP contribution < -0.4 is 10.5 Å². The van der Waals surface area contributed by atoms with Crippen molar-refractivity contribution in [1.82, 2.24) is 14.3 Å². The largest absolute Gasteiger partial charge is 0.355 e. The highest BCUT2D eigenvalue weighted by Gasteiger charge is 2.32. The van der Waals surface area contributed by atoms with Crippen LogP contribution in [0.3, 0.4) is 0 Å². The third kappa shape index (κ3) is 3.71. The number of aromatic nitrogens is 2. The first-order valence-corrected chi connectivity index (χ1v) is 11.1. The lowest BCUT2D eigenvalue weighted by molar-refractivity contribution is -0.121. The van der Waals surface area contributed by atoms with Crippen LogP contribution >= 0.6 is 24.0 Å². The number of thioether (sulfide) groups is 1. The Morgan fingerprint density at radius 2 is 1.97 bits per heavy atom. The molecule has 2 saturated heterocycles. The molecule has 2 aliphatic rings. The van der Waals surface area contributed by atoms with E-state index in [-0.39, 0.29) is 11.5 Å². The molecule has 0 saturated carbocycles. The van der Waals surface area contributed by atoms with Crippen LogP contribution in [0, 0.1) is 11.8 Å². The van der Waals surface area contributed by atoms with Gasteiger partial charge in [-0.25, -0.2) is 4.98 Å². The monoisotopic (exact) mass is 428 g/mol. The number of amides is 1. The fourth-order valence-electron chi connectivity index (χ4n) is 4.20. The van der Waals surface area contributed by atoms with Crippen LogP contribution in [0.1, 0.15) is 32.8 Å². The molecule has 2 fully saturated rings. The zero-order valence-electron chi connectivity index (χ0n) is 16.8. The number of nitrogens with zero attached hydrogens (tertiary/aromatic N) is 4. The average molecular weight is 429 g/mol. The quantitative estimate of drug-likeness (QED) is 0.552. The number of likely N-dealkylation sites (N-methyl/N-ethyl adjacent to an activating group) is 1. The Bertz CT molecular complexity index is 1070.